The van der Waals surface area contributed by atoms with Gasteiger partial charge in [0.1, 0.15) is 23.5 Å². The van der Waals surface area contributed by atoms with Gasteiger partial charge in [-0.1, -0.05) is 11.8 Å². The van der Waals surface area contributed by atoms with Crippen molar-refractivity contribution in [2.75, 3.05) is 23.7 Å². The van der Waals surface area contributed by atoms with Gasteiger partial charge in [0.05, 0.1) is 51.5 Å². The maximum atomic E-state index is 14.6. The standard InChI is InChI=1S/C21H21B5F2N6O2/c22-16(23)8-21(25,26)34(18(24)13-7-11(27)1-2-14(13)28)17-4-6-33-19(31-17)15(9-29-33)30-20(36)32-5-3-12(35)10-32/h1-2,4,6-7,9,12,16-18,31,35H,3,5,8,10H2,(H,30,36). The zero-order chi connectivity index (χ0) is 26.2. The number of likely N-dealkylation sites (tertiary alicyclic amines) is 1. The highest BCUT2D eigenvalue weighted by Crippen LogP contribution is 2.35. The first-order chi connectivity index (χ1) is 17.0. The van der Waals surface area contributed by atoms with Crippen molar-refractivity contribution in [1.82, 2.24) is 19.6 Å². The number of β-amino-alcohol motifs (C(OH)–C–C–N with tert-alkyl or cyclic N) is 1. The smallest absolute Gasteiger partial charge is 0.322 e. The molecule has 2 aliphatic heterocycles. The average Bonchev–Trinajstić information content (AvgIpc) is 3.40. The molecule has 2 amide bonds. The quantitative estimate of drug-likeness (QED) is 0.505. The van der Waals surface area contributed by atoms with Crippen LogP contribution in [0.3, 0.4) is 0 Å². The van der Waals surface area contributed by atoms with Gasteiger partial charge < -0.3 is 20.6 Å². The Bertz CT molecular complexity index is 1150. The van der Waals surface area contributed by atoms with Crippen molar-refractivity contribution in [3.8, 4) is 0 Å². The van der Waals surface area contributed by atoms with Crippen molar-refractivity contribution >= 4 is 63.0 Å². The minimum absolute atomic E-state index is 0.149. The molecule has 1 aromatic carbocycles. The van der Waals surface area contributed by atoms with Crippen molar-refractivity contribution in [3.05, 3.63) is 47.7 Å². The summed E-state index contributed by atoms with van der Waals surface area (Å²) in [6.07, 6.45) is 3.52. The number of aliphatic hydroxyl groups is 1. The number of rotatable bonds is 7. The molecule has 3 heterocycles. The van der Waals surface area contributed by atoms with Crippen molar-refractivity contribution < 1.29 is 18.7 Å². The van der Waals surface area contributed by atoms with Crippen LogP contribution in [-0.2, 0) is 0 Å². The Labute approximate surface area is 214 Å². The molecule has 3 unspecified atom stereocenters. The number of carbonyl (C=O) groups is 1. The Balaban J connectivity index is 1.63. The Morgan fingerprint density at radius 2 is 2.08 bits per heavy atom. The first kappa shape index (κ1) is 26.4. The highest BCUT2D eigenvalue weighted by Gasteiger charge is 2.37. The number of amides is 2. The number of aromatic nitrogens is 2. The molecule has 2 aromatic rings. The zero-order valence-corrected chi connectivity index (χ0v) is 19.4. The molecule has 0 saturated carbocycles. The Morgan fingerprint density at radius 3 is 2.75 bits per heavy atom. The lowest BCUT2D eigenvalue weighted by atomic mass is 9.50. The van der Waals surface area contributed by atoms with E-state index in [0.29, 0.717) is 24.5 Å². The number of anilines is 2. The van der Waals surface area contributed by atoms with Crippen LogP contribution in [-0.4, -0.2) is 101 Å². The van der Waals surface area contributed by atoms with Crippen LogP contribution in [0.5, 0.6) is 0 Å². The molecular formula is C21H21B5F2N6O2. The molecule has 36 heavy (non-hydrogen) atoms. The molecule has 4 rings (SSSR count). The second kappa shape index (κ2) is 10.4. The predicted octanol–water partition coefficient (Wildman–Crippen LogP) is 0.615. The lowest BCUT2D eigenvalue weighted by Crippen LogP contribution is -2.59. The molecule has 3 atom stereocenters. The number of benzene rings is 1. The number of nitrogens with zero attached hydrogens (tertiary/aromatic N) is 4. The van der Waals surface area contributed by atoms with Crippen LogP contribution in [0.4, 0.5) is 25.1 Å². The number of urea groups is 1. The molecule has 1 aromatic heterocycles. The minimum atomic E-state index is -1.77. The zero-order valence-electron chi connectivity index (χ0n) is 19.4. The summed E-state index contributed by atoms with van der Waals surface area (Å²) in [5, 5.41) is 18.0. The van der Waals surface area contributed by atoms with E-state index in [-0.39, 0.29) is 18.5 Å². The number of hydrogen-bond donors (Lipinski definition) is 3. The van der Waals surface area contributed by atoms with E-state index in [1.54, 1.807) is 12.3 Å². The van der Waals surface area contributed by atoms with E-state index in [4.69, 9.17) is 39.2 Å². The highest BCUT2D eigenvalue weighted by atomic mass is 19.1. The third kappa shape index (κ3) is 5.51. The van der Waals surface area contributed by atoms with Gasteiger partial charge in [0.15, 0.2) is 5.82 Å². The second-order valence-corrected chi connectivity index (χ2v) is 8.98. The predicted molar refractivity (Wildman–Crippen MR) is 137 cm³/mol. The molecule has 1 saturated heterocycles. The molecule has 3 N–H and O–H groups in total. The molecule has 2 aliphatic rings. The number of aliphatic hydroxyl groups excluding tert-OH is 1. The number of halogens is 2. The van der Waals surface area contributed by atoms with Gasteiger partial charge in [0.25, 0.3) is 0 Å². The minimum Gasteiger partial charge on any atom is -0.391 e. The van der Waals surface area contributed by atoms with Crippen molar-refractivity contribution in [1.29, 1.82) is 0 Å². The number of hydrogen-bond acceptors (Lipinski definition) is 5. The SMILES string of the molecule is [B]C([B])CC([B])([B])N(C1C=Cn2ncc(NC(=O)N3CCC(O)C3)c2N1)C([B])c1cc(F)ccc1F. The van der Waals surface area contributed by atoms with Crippen molar-refractivity contribution in [2.45, 2.75) is 42.1 Å². The summed E-state index contributed by atoms with van der Waals surface area (Å²) >= 11 is 0. The Kier molecular flexibility index (Phi) is 7.61. The summed E-state index contributed by atoms with van der Waals surface area (Å²) in [4.78, 5) is 15.4. The monoisotopic (exact) mass is 482 g/mol. The van der Waals surface area contributed by atoms with Crippen LogP contribution in [0.25, 0.3) is 6.20 Å². The molecule has 8 nitrogen and oxygen atoms in total. The average molecular weight is 481 g/mol. The lowest BCUT2D eigenvalue weighted by molar-refractivity contribution is 0.167. The van der Waals surface area contributed by atoms with E-state index in [1.165, 1.54) is 20.7 Å². The fraction of sp³-hybridized carbons (Fsp3) is 0.429. The normalized spacial score (nSPS) is 20.4. The molecule has 0 bridgehead atoms. The maximum Gasteiger partial charge on any atom is 0.322 e. The fourth-order valence-corrected chi connectivity index (χ4v) is 4.41. The largest absolute Gasteiger partial charge is 0.391 e. The van der Waals surface area contributed by atoms with E-state index in [9.17, 15) is 18.7 Å². The van der Waals surface area contributed by atoms with E-state index >= 15 is 0 Å². The van der Waals surface area contributed by atoms with Gasteiger partial charge in [-0.3, -0.25) is 4.90 Å². The van der Waals surface area contributed by atoms with Crippen molar-refractivity contribution in [2.24, 2.45) is 0 Å². The van der Waals surface area contributed by atoms with E-state index < -0.39 is 46.9 Å². The van der Waals surface area contributed by atoms with Crippen LogP contribution in [0.2, 0.25) is 5.72 Å². The number of carbonyl (C=O) groups excluding carboxylic acids is 1. The first-order valence-electron chi connectivity index (χ1n) is 11.3. The Morgan fingerprint density at radius 1 is 1.33 bits per heavy atom. The van der Waals surface area contributed by atoms with Crippen LogP contribution >= 0.6 is 0 Å². The molecule has 15 heteroatoms. The van der Waals surface area contributed by atoms with Gasteiger partial charge in [-0.05, 0) is 42.2 Å². The topological polar surface area (TPSA) is 85.7 Å². The summed E-state index contributed by atoms with van der Waals surface area (Å²) in [6.45, 7) is 0.631. The fourth-order valence-electron chi connectivity index (χ4n) is 4.41. The van der Waals surface area contributed by atoms with Gasteiger partial charge in [-0.15, -0.1) is 5.72 Å². The maximum absolute atomic E-state index is 14.6. The summed E-state index contributed by atoms with van der Waals surface area (Å²) < 4.78 is 30.1. The first-order valence-corrected chi connectivity index (χ1v) is 11.3. The third-order valence-electron chi connectivity index (χ3n) is 6.10. The summed E-state index contributed by atoms with van der Waals surface area (Å²) in [6, 6.07) is 2.47. The molecule has 176 valence electrons. The summed E-state index contributed by atoms with van der Waals surface area (Å²) in [5.41, 5.74) is -0.788. The Hall–Kier alpha value is -2.66. The third-order valence-corrected chi connectivity index (χ3v) is 6.10. The van der Waals surface area contributed by atoms with Crippen LogP contribution in [0, 0.1) is 11.6 Å². The molecule has 10 radical (unpaired) electrons. The molecular weight excluding hydrogens is 460 g/mol. The summed E-state index contributed by atoms with van der Waals surface area (Å²) in [5.74, 6) is -2.41. The molecule has 1 fully saturated rings. The summed E-state index contributed by atoms with van der Waals surface area (Å²) in [7, 11) is 30.6. The van der Waals surface area contributed by atoms with Crippen molar-refractivity contribution in [3.63, 3.8) is 0 Å². The van der Waals surface area contributed by atoms with Gasteiger partial charge in [-0.2, -0.15) is 5.10 Å². The van der Waals surface area contributed by atoms with Crippen LogP contribution < -0.4 is 10.6 Å². The van der Waals surface area contributed by atoms with Gasteiger partial charge in [0.2, 0.25) is 0 Å². The molecule has 0 aliphatic carbocycles. The highest BCUT2D eigenvalue weighted by molar-refractivity contribution is 6.42. The lowest BCUT2D eigenvalue weighted by Gasteiger charge is -2.50. The molecule has 0 spiro atoms. The second-order valence-electron chi connectivity index (χ2n) is 8.98. The number of nitrogens with one attached hydrogen (secondary N) is 2. The van der Waals surface area contributed by atoms with Gasteiger partial charge >= 0.3 is 6.03 Å². The van der Waals surface area contributed by atoms with Crippen LogP contribution in [0.15, 0.2) is 30.5 Å². The van der Waals surface area contributed by atoms with E-state index in [1.807, 2.05) is 0 Å². The van der Waals surface area contributed by atoms with Gasteiger partial charge in [0, 0.05) is 19.3 Å². The number of fused-ring (bicyclic) bond motifs is 1. The van der Waals surface area contributed by atoms with E-state index in [0.717, 1.165) is 18.2 Å². The van der Waals surface area contributed by atoms with Crippen LogP contribution in [0.1, 0.15) is 24.3 Å². The van der Waals surface area contributed by atoms with Gasteiger partial charge in [-0.25, -0.2) is 18.3 Å². The van der Waals surface area contributed by atoms with E-state index in [2.05, 4.69) is 15.7 Å².